The fourth-order valence-electron chi connectivity index (χ4n) is 3.96. The number of hydrogen-bond donors (Lipinski definition) is 1. The lowest BCUT2D eigenvalue weighted by Gasteiger charge is -2.36. The van der Waals surface area contributed by atoms with Gasteiger partial charge in [-0.1, -0.05) is 0 Å². The summed E-state index contributed by atoms with van der Waals surface area (Å²) in [5.41, 5.74) is 0.843. The number of aryl methyl sites for hydroxylation is 1. The van der Waals surface area contributed by atoms with E-state index in [1.54, 1.807) is 35.2 Å². The molecule has 1 N–H and O–H groups in total. The van der Waals surface area contributed by atoms with E-state index >= 15 is 0 Å². The number of guanidine groups is 1. The summed E-state index contributed by atoms with van der Waals surface area (Å²) in [4.78, 5) is 34.1. The Morgan fingerprint density at radius 3 is 2.50 bits per heavy atom. The van der Waals surface area contributed by atoms with Crippen molar-refractivity contribution in [3.63, 3.8) is 0 Å². The highest BCUT2D eigenvalue weighted by Crippen LogP contribution is 2.16. The van der Waals surface area contributed by atoms with Crippen LogP contribution in [0, 0.1) is 0 Å². The lowest BCUT2D eigenvalue weighted by molar-refractivity contribution is -0.120. The van der Waals surface area contributed by atoms with Crippen LogP contribution >= 0.6 is 24.0 Å². The molecule has 0 unspecified atom stereocenters. The maximum Gasteiger partial charge on any atom is 0.246 e. The zero-order valence-corrected chi connectivity index (χ0v) is 20.9. The number of rotatable bonds is 5. The van der Waals surface area contributed by atoms with Crippen molar-refractivity contribution in [2.45, 2.75) is 0 Å². The topological polar surface area (TPSA) is 98.0 Å². The fourth-order valence-corrected chi connectivity index (χ4v) is 3.96. The van der Waals surface area contributed by atoms with Crippen LogP contribution in [0.1, 0.15) is 0 Å². The van der Waals surface area contributed by atoms with Gasteiger partial charge in [0.1, 0.15) is 6.54 Å². The van der Waals surface area contributed by atoms with Crippen molar-refractivity contribution < 1.29 is 4.79 Å². The summed E-state index contributed by atoms with van der Waals surface area (Å²) in [5, 5.41) is 7.58. The highest BCUT2D eigenvalue weighted by atomic mass is 127. The average molecular weight is 554 g/mol. The number of aliphatic imine (C=N–C) groups is 1. The van der Waals surface area contributed by atoms with Crippen molar-refractivity contribution in [3.05, 3.63) is 30.9 Å². The van der Waals surface area contributed by atoms with Crippen molar-refractivity contribution in [3.8, 4) is 0 Å². The molecular formula is C20H31IN10O. The normalized spacial score (nSPS) is 18.0. The molecule has 0 spiro atoms. The number of amides is 1. The minimum Gasteiger partial charge on any atom is -0.355 e. The lowest BCUT2D eigenvalue weighted by Crippen LogP contribution is -2.56. The molecule has 2 fully saturated rings. The summed E-state index contributed by atoms with van der Waals surface area (Å²) in [6, 6.07) is 1.84. The molecule has 2 saturated heterocycles. The van der Waals surface area contributed by atoms with Gasteiger partial charge in [-0.25, -0.2) is 9.97 Å². The second kappa shape index (κ2) is 11.4. The minimum absolute atomic E-state index is 0. The largest absolute Gasteiger partial charge is 0.355 e. The molecule has 0 atom stereocenters. The van der Waals surface area contributed by atoms with E-state index in [-0.39, 0.29) is 29.9 Å². The van der Waals surface area contributed by atoms with E-state index in [4.69, 9.17) is 0 Å². The third kappa shape index (κ3) is 5.85. The number of anilines is 2. The van der Waals surface area contributed by atoms with Gasteiger partial charge >= 0.3 is 0 Å². The maximum atomic E-state index is 12.6. The van der Waals surface area contributed by atoms with Crippen LogP contribution in [0.15, 0.2) is 35.8 Å². The third-order valence-electron chi connectivity index (χ3n) is 5.65. The van der Waals surface area contributed by atoms with E-state index in [1.807, 2.05) is 24.2 Å². The van der Waals surface area contributed by atoms with Crippen molar-refractivity contribution in [1.29, 1.82) is 0 Å². The summed E-state index contributed by atoms with van der Waals surface area (Å²) in [7, 11) is 3.62. The molecule has 2 aliphatic rings. The number of carbonyl (C=O) groups is 1. The highest BCUT2D eigenvalue weighted by molar-refractivity contribution is 14.0. The van der Waals surface area contributed by atoms with Crippen LogP contribution in [0.5, 0.6) is 0 Å². The van der Waals surface area contributed by atoms with E-state index < -0.39 is 0 Å². The maximum absolute atomic E-state index is 12.6. The standard InChI is InChI=1S/C20H30N10O.HI/c1-21-19(29-12-13-30(18(31)16-29)17-14-25-26(2)15-17)24-6-7-27-8-10-28(11-9-27)20-22-4-3-5-23-20;/h3-5,14-15H,6-13,16H2,1-2H3,(H,21,24);1H. The molecule has 1 amide bonds. The summed E-state index contributed by atoms with van der Waals surface area (Å²) in [5.74, 6) is 1.63. The second-order valence-corrected chi connectivity index (χ2v) is 7.69. The van der Waals surface area contributed by atoms with Gasteiger partial charge < -0.3 is 20.0 Å². The monoisotopic (exact) mass is 554 g/mol. The van der Waals surface area contributed by atoms with Crippen molar-refractivity contribution in [2.75, 3.05) is 75.8 Å². The molecule has 0 aliphatic carbocycles. The summed E-state index contributed by atoms with van der Waals surface area (Å²) < 4.78 is 1.71. The van der Waals surface area contributed by atoms with Gasteiger partial charge in [-0.15, -0.1) is 24.0 Å². The number of halogens is 1. The molecule has 2 aromatic heterocycles. The van der Waals surface area contributed by atoms with Gasteiger partial charge in [0.05, 0.1) is 11.9 Å². The predicted molar refractivity (Wildman–Crippen MR) is 135 cm³/mol. The SMILES string of the molecule is CN=C(NCCN1CCN(c2ncccn2)CC1)N1CCN(c2cnn(C)c2)C(=O)C1.I. The van der Waals surface area contributed by atoms with Crippen LogP contribution in [0.4, 0.5) is 11.6 Å². The Morgan fingerprint density at radius 2 is 1.88 bits per heavy atom. The van der Waals surface area contributed by atoms with Gasteiger partial charge in [0.15, 0.2) is 5.96 Å². The fraction of sp³-hybridized carbons (Fsp3) is 0.550. The average Bonchev–Trinajstić information content (AvgIpc) is 3.23. The number of aromatic nitrogens is 4. The molecule has 2 aromatic rings. The van der Waals surface area contributed by atoms with Gasteiger partial charge in [-0.2, -0.15) is 5.10 Å². The Balaban J connectivity index is 0.00000289. The molecule has 0 aromatic carbocycles. The van der Waals surface area contributed by atoms with Crippen LogP contribution in [0.2, 0.25) is 0 Å². The molecule has 4 heterocycles. The molecule has 2 aliphatic heterocycles. The lowest BCUT2D eigenvalue weighted by atomic mass is 10.3. The van der Waals surface area contributed by atoms with Crippen LogP contribution < -0.4 is 15.1 Å². The minimum atomic E-state index is 0. The molecule has 4 rings (SSSR count). The summed E-state index contributed by atoms with van der Waals surface area (Å²) >= 11 is 0. The predicted octanol–water partition coefficient (Wildman–Crippen LogP) is -0.126. The zero-order chi connectivity index (χ0) is 21.6. The van der Waals surface area contributed by atoms with Crippen molar-refractivity contribution >= 4 is 47.5 Å². The molecule has 0 bridgehead atoms. The van der Waals surface area contributed by atoms with Gasteiger partial charge in [-0.3, -0.25) is 19.4 Å². The molecule has 0 radical (unpaired) electrons. The smallest absolute Gasteiger partial charge is 0.246 e. The quantitative estimate of drug-likeness (QED) is 0.311. The Hall–Kier alpha value is -2.48. The van der Waals surface area contributed by atoms with Gasteiger partial charge in [-0.05, 0) is 6.07 Å². The molecule has 12 heteroatoms. The van der Waals surface area contributed by atoms with E-state index in [0.29, 0.717) is 13.1 Å². The molecule has 11 nitrogen and oxygen atoms in total. The Bertz CT molecular complexity index is 897. The third-order valence-corrected chi connectivity index (χ3v) is 5.65. The molecule has 0 saturated carbocycles. The first kappa shape index (κ1) is 24.2. The van der Waals surface area contributed by atoms with Crippen molar-refractivity contribution in [1.82, 2.24) is 34.9 Å². The Kier molecular flexibility index (Phi) is 8.61. The highest BCUT2D eigenvalue weighted by Gasteiger charge is 2.27. The van der Waals surface area contributed by atoms with Gasteiger partial charge in [0.25, 0.3) is 0 Å². The molecule has 32 heavy (non-hydrogen) atoms. The van der Waals surface area contributed by atoms with E-state index in [2.05, 4.69) is 35.2 Å². The second-order valence-electron chi connectivity index (χ2n) is 7.69. The van der Waals surface area contributed by atoms with E-state index in [1.165, 1.54) is 0 Å². The summed E-state index contributed by atoms with van der Waals surface area (Å²) in [6.07, 6.45) is 7.16. The van der Waals surface area contributed by atoms with Gasteiger partial charge in [0, 0.05) is 85.0 Å². The Labute approximate surface area is 205 Å². The van der Waals surface area contributed by atoms with E-state index in [9.17, 15) is 4.79 Å². The first-order valence-corrected chi connectivity index (χ1v) is 10.6. The summed E-state index contributed by atoms with van der Waals surface area (Å²) in [6.45, 7) is 7.15. The van der Waals surface area contributed by atoms with Crippen LogP contribution in [-0.4, -0.2) is 107 Å². The number of nitrogens with one attached hydrogen (secondary N) is 1. The number of piperazine rings is 2. The van der Waals surface area contributed by atoms with Gasteiger partial charge in [0.2, 0.25) is 11.9 Å². The van der Waals surface area contributed by atoms with Crippen molar-refractivity contribution in [2.24, 2.45) is 12.0 Å². The first-order chi connectivity index (χ1) is 15.1. The van der Waals surface area contributed by atoms with E-state index in [0.717, 1.165) is 63.4 Å². The molecular weight excluding hydrogens is 523 g/mol. The Morgan fingerprint density at radius 1 is 1.12 bits per heavy atom. The zero-order valence-electron chi connectivity index (χ0n) is 18.6. The number of hydrogen-bond acceptors (Lipinski definition) is 7. The molecule has 174 valence electrons. The number of nitrogens with zero attached hydrogens (tertiary/aromatic N) is 9. The van der Waals surface area contributed by atoms with Crippen LogP contribution in [0.25, 0.3) is 0 Å². The van der Waals surface area contributed by atoms with Crippen LogP contribution in [-0.2, 0) is 11.8 Å². The number of carbonyl (C=O) groups excluding carboxylic acids is 1. The first-order valence-electron chi connectivity index (χ1n) is 10.6. The van der Waals surface area contributed by atoms with Crippen LogP contribution in [0.3, 0.4) is 0 Å².